The molecule has 0 spiro atoms. The van der Waals surface area contributed by atoms with E-state index in [1.54, 1.807) is 0 Å². The van der Waals surface area contributed by atoms with Crippen molar-refractivity contribution in [3.8, 4) is 6.07 Å². The van der Waals surface area contributed by atoms with Gasteiger partial charge in [0.25, 0.3) is 0 Å². The molecule has 2 nitrogen and oxygen atoms in total. The maximum Gasteiger partial charge on any atom is 0.109 e. The molecule has 1 rings (SSSR count). The highest BCUT2D eigenvalue weighted by atomic mass is 15.0. The summed E-state index contributed by atoms with van der Waals surface area (Å²) in [5, 5.41) is 12.6. The van der Waals surface area contributed by atoms with E-state index in [0.29, 0.717) is 0 Å². The fourth-order valence-corrected chi connectivity index (χ4v) is 1.35. The van der Waals surface area contributed by atoms with E-state index in [9.17, 15) is 5.26 Å². The fraction of sp³-hybridized carbons (Fsp3) is 0.500. The van der Waals surface area contributed by atoms with E-state index in [1.807, 2.05) is 25.1 Å². The van der Waals surface area contributed by atoms with E-state index >= 15 is 0 Å². The number of rotatable bonds is 3. The summed E-state index contributed by atoms with van der Waals surface area (Å²) < 4.78 is 0. The van der Waals surface area contributed by atoms with Crippen LogP contribution in [0.4, 0.5) is 0 Å². The number of nitrogens with one attached hydrogen (secondary N) is 1. The number of benzene rings is 1. The van der Waals surface area contributed by atoms with Crippen LogP contribution in [0.1, 0.15) is 33.3 Å². The van der Waals surface area contributed by atoms with Gasteiger partial charge in [-0.3, -0.25) is 5.32 Å². The molecule has 1 aromatic rings. The molecule has 0 bridgehead atoms. The van der Waals surface area contributed by atoms with E-state index in [4.69, 9.17) is 0 Å². The SMILES string of the molecule is CC(C)(C)[C@](C)(C#N)NCc1ccccc1. The monoisotopic (exact) mass is 216 g/mol. The third-order valence-corrected chi connectivity index (χ3v) is 3.21. The molecule has 0 saturated carbocycles. The topological polar surface area (TPSA) is 35.8 Å². The molecule has 0 radical (unpaired) electrons. The molecule has 0 aliphatic carbocycles. The van der Waals surface area contributed by atoms with Crippen LogP contribution in [0.5, 0.6) is 0 Å². The lowest BCUT2D eigenvalue weighted by Gasteiger charge is -2.36. The highest BCUT2D eigenvalue weighted by Crippen LogP contribution is 2.29. The molecule has 0 aromatic heterocycles. The Morgan fingerprint density at radius 2 is 1.69 bits per heavy atom. The largest absolute Gasteiger partial charge is 0.295 e. The Bertz CT molecular complexity index is 370. The highest BCUT2D eigenvalue weighted by molar-refractivity contribution is 5.17. The highest BCUT2D eigenvalue weighted by Gasteiger charge is 2.37. The average molecular weight is 216 g/mol. The van der Waals surface area contributed by atoms with E-state index in [2.05, 4.69) is 44.3 Å². The molecule has 0 amide bonds. The molecular weight excluding hydrogens is 196 g/mol. The zero-order valence-corrected chi connectivity index (χ0v) is 10.5. The van der Waals surface area contributed by atoms with Gasteiger partial charge in [-0.25, -0.2) is 0 Å². The van der Waals surface area contributed by atoms with Crippen molar-refractivity contribution in [3.05, 3.63) is 35.9 Å². The molecule has 0 unspecified atom stereocenters. The van der Waals surface area contributed by atoms with Crippen LogP contribution >= 0.6 is 0 Å². The molecule has 0 heterocycles. The minimum Gasteiger partial charge on any atom is -0.295 e. The van der Waals surface area contributed by atoms with Crippen LogP contribution in [0.3, 0.4) is 0 Å². The second-order valence-corrected chi connectivity index (χ2v) is 5.33. The molecule has 0 aliphatic rings. The van der Waals surface area contributed by atoms with Crippen molar-refractivity contribution in [1.82, 2.24) is 5.32 Å². The first-order chi connectivity index (χ1) is 7.39. The Kier molecular flexibility index (Phi) is 3.72. The summed E-state index contributed by atoms with van der Waals surface area (Å²) in [5.41, 5.74) is 0.604. The van der Waals surface area contributed by atoms with Gasteiger partial charge >= 0.3 is 0 Å². The van der Waals surface area contributed by atoms with Crippen LogP contribution in [0.2, 0.25) is 0 Å². The predicted octanol–water partition coefficient (Wildman–Crippen LogP) is 3.10. The number of nitrogens with zero attached hydrogens (tertiary/aromatic N) is 1. The summed E-state index contributed by atoms with van der Waals surface area (Å²) in [6, 6.07) is 12.5. The van der Waals surface area contributed by atoms with E-state index < -0.39 is 5.54 Å². The van der Waals surface area contributed by atoms with E-state index in [0.717, 1.165) is 6.54 Å². The normalized spacial score (nSPS) is 15.2. The molecule has 86 valence electrons. The summed E-state index contributed by atoms with van der Waals surface area (Å²) in [4.78, 5) is 0. The lowest BCUT2D eigenvalue weighted by atomic mass is 9.76. The molecular formula is C14H20N2. The van der Waals surface area contributed by atoms with Gasteiger partial charge < -0.3 is 0 Å². The van der Waals surface area contributed by atoms with Gasteiger partial charge in [0.15, 0.2) is 0 Å². The van der Waals surface area contributed by atoms with Crippen LogP contribution in [0, 0.1) is 16.7 Å². The molecule has 0 fully saturated rings. The number of nitriles is 1. The lowest BCUT2D eigenvalue weighted by molar-refractivity contribution is 0.214. The number of hydrogen-bond acceptors (Lipinski definition) is 2. The third-order valence-electron chi connectivity index (χ3n) is 3.21. The van der Waals surface area contributed by atoms with Gasteiger partial charge in [0.2, 0.25) is 0 Å². The summed E-state index contributed by atoms with van der Waals surface area (Å²) in [5.74, 6) is 0. The van der Waals surface area contributed by atoms with Crippen molar-refractivity contribution >= 4 is 0 Å². The summed E-state index contributed by atoms with van der Waals surface area (Å²) in [7, 11) is 0. The molecule has 1 N–H and O–H groups in total. The van der Waals surface area contributed by atoms with Gasteiger partial charge in [0.05, 0.1) is 6.07 Å². The van der Waals surface area contributed by atoms with Gasteiger partial charge in [-0.1, -0.05) is 51.1 Å². The smallest absolute Gasteiger partial charge is 0.109 e. The molecule has 0 aliphatic heterocycles. The second kappa shape index (κ2) is 4.67. The Morgan fingerprint density at radius 1 is 1.12 bits per heavy atom. The second-order valence-electron chi connectivity index (χ2n) is 5.33. The molecule has 1 atom stereocenters. The van der Waals surface area contributed by atoms with Crippen LogP contribution < -0.4 is 5.32 Å². The molecule has 0 saturated heterocycles. The van der Waals surface area contributed by atoms with Crippen molar-refractivity contribution in [2.24, 2.45) is 5.41 Å². The summed E-state index contributed by atoms with van der Waals surface area (Å²) >= 11 is 0. The minimum atomic E-state index is -0.511. The van der Waals surface area contributed by atoms with E-state index in [1.165, 1.54) is 5.56 Å². The molecule has 1 aromatic carbocycles. The fourth-order valence-electron chi connectivity index (χ4n) is 1.35. The average Bonchev–Trinajstić information content (AvgIpc) is 2.26. The Labute approximate surface area is 98.3 Å². The molecule has 16 heavy (non-hydrogen) atoms. The van der Waals surface area contributed by atoms with Gasteiger partial charge in [-0.15, -0.1) is 0 Å². The van der Waals surface area contributed by atoms with Crippen LogP contribution in [0.15, 0.2) is 30.3 Å². The standard InChI is InChI=1S/C14H20N2/c1-13(2,3)14(4,11-15)16-10-12-8-6-5-7-9-12/h5-9,16H,10H2,1-4H3/t14-/m0/s1. The Hall–Kier alpha value is -1.33. The zero-order valence-electron chi connectivity index (χ0n) is 10.5. The van der Waals surface area contributed by atoms with Crippen LogP contribution in [-0.2, 0) is 6.54 Å². The van der Waals surface area contributed by atoms with Crippen molar-refractivity contribution in [2.75, 3.05) is 0 Å². The van der Waals surface area contributed by atoms with Crippen molar-refractivity contribution < 1.29 is 0 Å². The molecule has 2 heteroatoms. The van der Waals surface area contributed by atoms with Gasteiger partial charge in [0, 0.05) is 6.54 Å². The van der Waals surface area contributed by atoms with Gasteiger partial charge in [0.1, 0.15) is 5.54 Å². The first-order valence-electron chi connectivity index (χ1n) is 5.59. The minimum absolute atomic E-state index is 0.0868. The maximum absolute atomic E-state index is 9.29. The van der Waals surface area contributed by atoms with Crippen LogP contribution in [-0.4, -0.2) is 5.54 Å². The number of hydrogen-bond donors (Lipinski definition) is 1. The lowest BCUT2D eigenvalue weighted by Crippen LogP contribution is -2.50. The first-order valence-corrected chi connectivity index (χ1v) is 5.59. The van der Waals surface area contributed by atoms with E-state index in [-0.39, 0.29) is 5.41 Å². The zero-order chi connectivity index (χ0) is 12.2. The third kappa shape index (κ3) is 2.84. The quantitative estimate of drug-likeness (QED) is 0.842. The first kappa shape index (κ1) is 12.7. The van der Waals surface area contributed by atoms with Crippen molar-refractivity contribution in [3.63, 3.8) is 0 Å². The predicted molar refractivity (Wildman–Crippen MR) is 66.8 cm³/mol. The van der Waals surface area contributed by atoms with Crippen molar-refractivity contribution in [2.45, 2.75) is 39.8 Å². The van der Waals surface area contributed by atoms with Gasteiger partial charge in [-0.2, -0.15) is 5.26 Å². The van der Waals surface area contributed by atoms with Crippen molar-refractivity contribution in [1.29, 1.82) is 5.26 Å². The Balaban J connectivity index is 2.71. The Morgan fingerprint density at radius 3 is 2.12 bits per heavy atom. The summed E-state index contributed by atoms with van der Waals surface area (Å²) in [6.07, 6.45) is 0. The maximum atomic E-state index is 9.29. The van der Waals surface area contributed by atoms with Crippen LogP contribution in [0.25, 0.3) is 0 Å². The van der Waals surface area contributed by atoms with Gasteiger partial charge in [-0.05, 0) is 17.9 Å². The summed E-state index contributed by atoms with van der Waals surface area (Å²) in [6.45, 7) is 8.91.